The number of nitrogens with one attached hydrogen (secondary N) is 1. The van der Waals surface area contributed by atoms with Gasteiger partial charge in [-0.05, 0) is 18.9 Å². The van der Waals surface area contributed by atoms with Crippen molar-refractivity contribution in [1.29, 1.82) is 0 Å². The van der Waals surface area contributed by atoms with Gasteiger partial charge in [-0.3, -0.25) is 24.5 Å². The van der Waals surface area contributed by atoms with Gasteiger partial charge >= 0.3 is 17.9 Å². The second-order valence-electron chi connectivity index (χ2n) is 6.74. The number of hydrogen-bond acceptors (Lipinski definition) is 9. The van der Waals surface area contributed by atoms with Crippen molar-refractivity contribution < 1.29 is 33.5 Å². The Morgan fingerprint density at radius 3 is 2.30 bits per heavy atom. The van der Waals surface area contributed by atoms with Crippen molar-refractivity contribution in [2.24, 2.45) is 0 Å². The van der Waals surface area contributed by atoms with E-state index in [9.17, 15) is 24.5 Å². The number of ether oxygens (including phenoxy) is 3. The molecule has 1 saturated carbocycles. The zero-order chi connectivity index (χ0) is 22.6. The van der Waals surface area contributed by atoms with Crippen LogP contribution < -0.4 is 5.32 Å². The molecule has 3 unspecified atom stereocenters. The molecule has 0 amide bonds. The molecule has 1 aliphatic rings. The topological polar surface area (TPSA) is 134 Å². The molecule has 1 aromatic carbocycles. The minimum atomic E-state index is -1.61. The fourth-order valence-corrected chi connectivity index (χ4v) is 3.74. The van der Waals surface area contributed by atoms with Crippen LogP contribution in [0.5, 0.6) is 0 Å². The highest BCUT2D eigenvalue weighted by molar-refractivity contribution is 6.42. The predicted octanol–water partition coefficient (Wildman–Crippen LogP) is 3.27. The van der Waals surface area contributed by atoms with Crippen molar-refractivity contribution in [3.63, 3.8) is 0 Å². The van der Waals surface area contributed by atoms with Gasteiger partial charge in [-0.25, -0.2) is 0 Å². The lowest BCUT2D eigenvalue weighted by Gasteiger charge is -2.38. The number of carbonyl (C=O) groups is 3. The van der Waals surface area contributed by atoms with Gasteiger partial charge < -0.3 is 19.5 Å². The molecule has 0 heterocycles. The summed E-state index contributed by atoms with van der Waals surface area (Å²) in [6, 6.07) is 1.55. The summed E-state index contributed by atoms with van der Waals surface area (Å²) in [4.78, 5) is 45.7. The number of halogens is 2. The molecule has 164 valence electrons. The number of hydrogen-bond donors (Lipinski definition) is 1. The molecule has 12 heteroatoms. The second-order valence-corrected chi connectivity index (χ2v) is 7.56. The summed E-state index contributed by atoms with van der Waals surface area (Å²) in [5.41, 5.74) is -1.95. The van der Waals surface area contributed by atoms with Gasteiger partial charge in [-0.2, -0.15) is 0 Å². The van der Waals surface area contributed by atoms with Gasteiger partial charge in [0.05, 0.1) is 21.0 Å². The highest BCUT2D eigenvalue weighted by atomic mass is 35.5. The molecule has 1 N–H and O–H groups in total. The molecule has 0 aromatic heterocycles. The third kappa shape index (κ3) is 5.31. The van der Waals surface area contributed by atoms with Crippen LogP contribution in [0.15, 0.2) is 12.1 Å². The third-order valence-corrected chi connectivity index (χ3v) is 5.28. The van der Waals surface area contributed by atoms with Crippen LogP contribution in [0.2, 0.25) is 10.0 Å². The van der Waals surface area contributed by atoms with Crippen LogP contribution in [-0.4, -0.2) is 47.2 Å². The molecule has 0 spiro atoms. The first kappa shape index (κ1) is 23.7. The van der Waals surface area contributed by atoms with E-state index < -0.39 is 47.2 Å². The number of rotatable bonds is 7. The van der Waals surface area contributed by atoms with Crippen LogP contribution in [-0.2, 0) is 28.6 Å². The first-order chi connectivity index (χ1) is 14.0. The van der Waals surface area contributed by atoms with Crippen molar-refractivity contribution in [2.75, 3.05) is 11.9 Å². The van der Waals surface area contributed by atoms with Crippen molar-refractivity contribution in [2.45, 2.75) is 51.4 Å². The Hall–Kier alpha value is -2.59. The zero-order valence-corrected chi connectivity index (χ0v) is 17.9. The summed E-state index contributed by atoms with van der Waals surface area (Å²) in [5, 5.41) is 14.5. The van der Waals surface area contributed by atoms with E-state index in [0.717, 1.165) is 13.0 Å². The van der Waals surface area contributed by atoms with Crippen LogP contribution in [0, 0.1) is 10.1 Å². The first-order valence-electron chi connectivity index (χ1n) is 8.86. The SMILES string of the molecule is CC(=O)OCC1(OC(C)=O)C(Nc2cc(Cl)c(Cl)cc2[N+](=O)[O-])CCC1OC(C)=O. The molecule has 3 atom stereocenters. The smallest absolute Gasteiger partial charge is 0.303 e. The highest BCUT2D eigenvalue weighted by Crippen LogP contribution is 2.41. The quantitative estimate of drug-likeness (QED) is 0.280. The average Bonchev–Trinajstić information content (AvgIpc) is 2.92. The Kier molecular flexibility index (Phi) is 7.49. The molecular weight excluding hydrogens is 443 g/mol. The Morgan fingerprint density at radius 2 is 1.77 bits per heavy atom. The van der Waals surface area contributed by atoms with Crippen molar-refractivity contribution in [3.8, 4) is 0 Å². The normalized spacial score (nSPS) is 22.8. The van der Waals surface area contributed by atoms with Gasteiger partial charge in [0.2, 0.25) is 5.60 Å². The van der Waals surface area contributed by atoms with Gasteiger partial charge in [0, 0.05) is 26.8 Å². The van der Waals surface area contributed by atoms with Crippen molar-refractivity contribution in [1.82, 2.24) is 0 Å². The summed E-state index contributed by atoms with van der Waals surface area (Å²) in [5.74, 6) is -1.98. The number of benzene rings is 1. The number of nitrogens with zero attached hydrogens (tertiary/aromatic N) is 1. The summed E-state index contributed by atoms with van der Waals surface area (Å²) in [6.45, 7) is 3.09. The zero-order valence-electron chi connectivity index (χ0n) is 16.4. The van der Waals surface area contributed by atoms with Gasteiger partial charge in [-0.15, -0.1) is 0 Å². The molecule has 0 radical (unpaired) electrons. The van der Waals surface area contributed by atoms with Gasteiger partial charge in [-0.1, -0.05) is 23.2 Å². The highest BCUT2D eigenvalue weighted by Gasteiger charge is 2.57. The van der Waals surface area contributed by atoms with Gasteiger partial charge in [0.15, 0.2) is 0 Å². The summed E-state index contributed by atoms with van der Waals surface area (Å²) in [7, 11) is 0. The molecular formula is C18H20Cl2N2O8. The molecule has 0 bridgehead atoms. The number of anilines is 1. The first-order valence-corrected chi connectivity index (χ1v) is 9.62. The maximum Gasteiger partial charge on any atom is 0.303 e. The van der Waals surface area contributed by atoms with E-state index in [1.807, 2.05) is 0 Å². The minimum absolute atomic E-state index is 0.00992. The lowest BCUT2D eigenvalue weighted by Crippen LogP contribution is -2.57. The fourth-order valence-electron chi connectivity index (χ4n) is 3.42. The summed E-state index contributed by atoms with van der Waals surface area (Å²) >= 11 is 11.9. The molecule has 0 saturated heterocycles. The van der Waals surface area contributed by atoms with E-state index in [2.05, 4.69) is 5.32 Å². The van der Waals surface area contributed by atoms with Crippen LogP contribution in [0.1, 0.15) is 33.6 Å². The van der Waals surface area contributed by atoms with Gasteiger partial charge in [0.25, 0.3) is 5.69 Å². The summed E-state index contributed by atoms with van der Waals surface area (Å²) < 4.78 is 15.9. The van der Waals surface area contributed by atoms with Gasteiger partial charge in [0.1, 0.15) is 18.4 Å². The maximum atomic E-state index is 11.9. The van der Waals surface area contributed by atoms with E-state index in [1.165, 1.54) is 19.9 Å². The maximum absolute atomic E-state index is 11.9. The molecule has 30 heavy (non-hydrogen) atoms. The Bertz CT molecular complexity index is 878. The summed E-state index contributed by atoms with van der Waals surface area (Å²) in [6.07, 6.45) is -0.414. The van der Waals surface area contributed by atoms with E-state index in [4.69, 9.17) is 37.4 Å². The molecule has 0 aliphatic heterocycles. The Labute approximate surface area is 181 Å². The van der Waals surface area contributed by atoms with E-state index in [0.29, 0.717) is 0 Å². The number of nitro groups is 1. The molecule has 1 aliphatic carbocycles. The van der Waals surface area contributed by atoms with E-state index >= 15 is 0 Å². The average molecular weight is 463 g/mol. The van der Waals surface area contributed by atoms with Crippen LogP contribution in [0.3, 0.4) is 0 Å². The van der Waals surface area contributed by atoms with Crippen molar-refractivity contribution >= 4 is 52.5 Å². The monoisotopic (exact) mass is 462 g/mol. The largest absolute Gasteiger partial charge is 0.461 e. The molecule has 2 rings (SSSR count). The molecule has 1 aromatic rings. The molecule has 10 nitrogen and oxygen atoms in total. The van der Waals surface area contributed by atoms with Crippen LogP contribution in [0.25, 0.3) is 0 Å². The van der Waals surface area contributed by atoms with Crippen molar-refractivity contribution in [3.05, 3.63) is 32.3 Å². The number of esters is 3. The van der Waals surface area contributed by atoms with Crippen LogP contribution in [0.4, 0.5) is 11.4 Å². The third-order valence-electron chi connectivity index (χ3n) is 4.56. The lowest BCUT2D eigenvalue weighted by atomic mass is 9.95. The Balaban J connectivity index is 2.51. The number of nitro benzene ring substituents is 1. The molecule has 1 fully saturated rings. The number of carbonyl (C=O) groups excluding carboxylic acids is 3. The van der Waals surface area contributed by atoms with E-state index in [-0.39, 0.29) is 34.3 Å². The Morgan fingerprint density at radius 1 is 1.13 bits per heavy atom. The standard InChI is InChI=1S/C18H20Cl2N2O8/c1-9(23)28-8-18(30-11(3)25)16(4-5-17(18)29-10(2)24)21-14-6-12(19)13(20)7-15(14)22(26)27/h6-7,16-17,21H,4-5,8H2,1-3H3. The van der Waals surface area contributed by atoms with Crippen LogP contribution >= 0.6 is 23.2 Å². The fraction of sp³-hybridized carbons (Fsp3) is 0.500. The van der Waals surface area contributed by atoms with E-state index in [1.54, 1.807) is 0 Å². The predicted molar refractivity (Wildman–Crippen MR) is 106 cm³/mol. The second kappa shape index (κ2) is 9.48. The minimum Gasteiger partial charge on any atom is -0.461 e. The lowest BCUT2D eigenvalue weighted by molar-refractivity contribution is -0.384.